The standard InChI is InChI=1S/C5H8OS/c1-5(7)3-2-4-6-5/h2-3,7H,4H2,1H3. The molecule has 0 aromatic heterocycles. The van der Waals surface area contributed by atoms with Crippen LogP contribution >= 0.6 is 12.6 Å². The molecule has 0 amide bonds. The van der Waals surface area contributed by atoms with Crippen molar-refractivity contribution in [1.82, 2.24) is 0 Å². The lowest BCUT2D eigenvalue weighted by atomic mass is 10.4. The Labute approximate surface area is 48.8 Å². The first-order valence-corrected chi connectivity index (χ1v) is 2.69. The Morgan fingerprint density at radius 3 is 2.71 bits per heavy atom. The molecule has 0 spiro atoms. The number of ether oxygens (including phenoxy) is 1. The summed E-state index contributed by atoms with van der Waals surface area (Å²) in [7, 11) is 0. The molecule has 1 rings (SSSR count). The normalized spacial score (nSPS) is 39.7. The Morgan fingerprint density at radius 2 is 2.57 bits per heavy atom. The van der Waals surface area contributed by atoms with Crippen molar-refractivity contribution in [3.8, 4) is 0 Å². The van der Waals surface area contributed by atoms with E-state index in [1.54, 1.807) is 0 Å². The summed E-state index contributed by atoms with van der Waals surface area (Å²) >= 11 is 4.14. The van der Waals surface area contributed by atoms with Crippen molar-refractivity contribution in [2.45, 2.75) is 11.9 Å². The number of hydrogen-bond donors (Lipinski definition) is 1. The molecule has 1 aliphatic heterocycles. The molecule has 0 aromatic rings. The van der Waals surface area contributed by atoms with Crippen LogP contribution in [0.25, 0.3) is 0 Å². The van der Waals surface area contributed by atoms with Gasteiger partial charge in [-0.2, -0.15) is 0 Å². The van der Waals surface area contributed by atoms with E-state index in [4.69, 9.17) is 4.74 Å². The Hall–Kier alpha value is 0.0500. The second-order valence-corrected chi connectivity index (χ2v) is 2.66. The molecule has 0 aromatic carbocycles. The molecule has 2 heteroatoms. The quantitative estimate of drug-likeness (QED) is 0.370. The van der Waals surface area contributed by atoms with Crippen molar-refractivity contribution in [3.63, 3.8) is 0 Å². The zero-order valence-electron chi connectivity index (χ0n) is 4.22. The van der Waals surface area contributed by atoms with Gasteiger partial charge in [0.05, 0.1) is 6.61 Å². The van der Waals surface area contributed by atoms with Gasteiger partial charge in [0.2, 0.25) is 0 Å². The van der Waals surface area contributed by atoms with Crippen LogP contribution < -0.4 is 0 Å². The molecule has 40 valence electrons. The van der Waals surface area contributed by atoms with Gasteiger partial charge in [-0.25, -0.2) is 0 Å². The van der Waals surface area contributed by atoms with E-state index in [-0.39, 0.29) is 4.93 Å². The van der Waals surface area contributed by atoms with Gasteiger partial charge in [0.1, 0.15) is 4.93 Å². The first kappa shape index (κ1) is 5.19. The second-order valence-electron chi connectivity index (χ2n) is 1.77. The maximum atomic E-state index is 5.09. The second kappa shape index (κ2) is 1.53. The molecule has 1 heterocycles. The Balaban J connectivity index is 2.57. The zero-order chi connectivity index (χ0) is 5.33. The molecule has 0 radical (unpaired) electrons. The predicted octanol–water partition coefficient (Wildman–Crippen LogP) is 1.22. The molecule has 0 bridgehead atoms. The molecule has 1 atom stereocenters. The highest BCUT2D eigenvalue weighted by atomic mass is 32.1. The summed E-state index contributed by atoms with van der Waals surface area (Å²) in [6.45, 7) is 2.62. The molecule has 0 saturated heterocycles. The third-order valence-electron chi connectivity index (χ3n) is 0.899. The number of rotatable bonds is 0. The van der Waals surface area contributed by atoms with Crippen molar-refractivity contribution in [2.75, 3.05) is 6.61 Å². The van der Waals surface area contributed by atoms with E-state index in [1.807, 2.05) is 19.1 Å². The fourth-order valence-electron chi connectivity index (χ4n) is 0.532. The van der Waals surface area contributed by atoms with Crippen molar-refractivity contribution >= 4 is 12.6 Å². The minimum Gasteiger partial charge on any atom is -0.357 e. The van der Waals surface area contributed by atoms with E-state index in [2.05, 4.69) is 12.6 Å². The molecule has 0 fully saturated rings. The minimum absolute atomic E-state index is 0.292. The summed E-state index contributed by atoms with van der Waals surface area (Å²) in [5, 5.41) is 0. The van der Waals surface area contributed by atoms with E-state index in [0.717, 1.165) is 0 Å². The summed E-state index contributed by atoms with van der Waals surface area (Å²) in [4.78, 5) is -0.292. The minimum atomic E-state index is -0.292. The Kier molecular flexibility index (Phi) is 1.13. The molecule has 0 N–H and O–H groups in total. The average Bonchev–Trinajstić information content (AvgIpc) is 1.84. The van der Waals surface area contributed by atoms with Crippen LogP contribution in [0, 0.1) is 0 Å². The summed E-state index contributed by atoms with van der Waals surface area (Å²) in [5.41, 5.74) is 0. The van der Waals surface area contributed by atoms with E-state index in [9.17, 15) is 0 Å². The van der Waals surface area contributed by atoms with Gasteiger partial charge in [0.15, 0.2) is 0 Å². The fourth-order valence-corrected chi connectivity index (χ4v) is 0.712. The first-order chi connectivity index (χ1) is 3.21. The number of hydrogen-bond acceptors (Lipinski definition) is 2. The molecular formula is C5H8OS. The van der Waals surface area contributed by atoms with Crippen LogP contribution in [0.4, 0.5) is 0 Å². The van der Waals surface area contributed by atoms with Gasteiger partial charge < -0.3 is 4.74 Å². The SMILES string of the molecule is CC1(S)C=CCO1. The average molecular weight is 116 g/mol. The van der Waals surface area contributed by atoms with Crippen molar-refractivity contribution in [2.24, 2.45) is 0 Å². The summed E-state index contributed by atoms with van der Waals surface area (Å²) in [6, 6.07) is 0. The third-order valence-corrected chi connectivity index (χ3v) is 1.18. The van der Waals surface area contributed by atoms with Gasteiger partial charge in [-0.3, -0.25) is 0 Å². The lowest BCUT2D eigenvalue weighted by Gasteiger charge is -2.11. The van der Waals surface area contributed by atoms with Crippen molar-refractivity contribution in [3.05, 3.63) is 12.2 Å². The van der Waals surface area contributed by atoms with Gasteiger partial charge in [0, 0.05) is 0 Å². The van der Waals surface area contributed by atoms with Gasteiger partial charge >= 0.3 is 0 Å². The van der Waals surface area contributed by atoms with Gasteiger partial charge in [0.25, 0.3) is 0 Å². The Morgan fingerprint density at radius 1 is 1.86 bits per heavy atom. The van der Waals surface area contributed by atoms with Crippen molar-refractivity contribution in [1.29, 1.82) is 0 Å². The van der Waals surface area contributed by atoms with Crippen LogP contribution in [0.5, 0.6) is 0 Å². The van der Waals surface area contributed by atoms with Crippen LogP contribution in [0.3, 0.4) is 0 Å². The fraction of sp³-hybridized carbons (Fsp3) is 0.600. The monoisotopic (exact) mass is 116 g/mol. The smallest absolute Gasteiger partial charge is 0.127 e. The van der Waals surface area contributed by atoms with Crippen LogP contribution in [-0.4, -0.2) is 11.5 Å². The predicted molar refractivity (Wildman–Crippen MR) is 32.5 cm³/mol. The lowest BCUT2D eigenvalue weighted by molar-refractivity contribution is 0.117. The Bertz CT molecular complexity index is 96.3. The molecule has 1 nitrogen and oxygen atoms in total. The molecule has 7 heavy (non-hydrogen) atoms. The third kappa shape index (κ3) is 1.21. The first-order valence-electron chi connectivity index (χ1n) is 2.25. The highest BCUT2D eigenvalue weighted by Crippen LogP contribution is 2.21. The van der Waals surface area contributed by atoms with Crippen LogP contribution in [0.2, 0.25) is 0 Å². The molecular weight excluding hydrogens is 108 g/mol. The largest absolute Gasteiger partial charge is 0.357 e. The maximum absolute atomic E-state index is 5.09. The highest BCUT2D eigenvalue weighted by Gasteiger charge is 2.17. The van der Waals surface area contributed by atoms with E-state index >= 15 is 0 Å². The highest BCUT2D eigenvalue weighted by molar-refractivity contribution is 7.81. The summed E-state index contributed by atoms with van der Waals surface area (Å²) in [5.74, 6) is 0. The van der Waals surface area contributed by atoms with E-state index in [0.29, 0.717) is 6.61 Å². The number of thiol groups is 1. The van der Waals surface area contributed by atoms with Crippen LogP contribution in [-0.2, 0) is 4.74 Å². The van der Waals surface area contributed by atoms with Crippen molar-refractivity contribution < 1.29 is 4.74 Å². The summed E-state index contributed by atoms with van der Waals surface area (Å²) < 4.78 is 5.09. The maximum Gasteiger partial charge on any atom is 0.127 e. The molecule has 1 aliphatic rings. The topological polar surface area (TPSA) is 9.23 Å². The summed E-state index contributed by atoms with van der Waals surface area (Å²) in [6.07, 6.45) is 3.91. The molecule has 0 aliphatic carbocycles. The zero-order valence-corrected chi connectivity index (χ0v) is 5.11. The van der Waals surface area contributed by atoms with Crippen LogP contribution in [0.15, 0.2) is 12.2 Å². The van der Waals surface area contributed by atoms with Gasteiger partial charge in [-0.05, 0) is 13.0 Å². The van der Waals surface area contributed by atoms with E-state index < -0.39 is 0 Å². The van der Waals surface area contributed by atoms with Gasteiger partial charge in [-0.15, -0.1) is 12.6 Å². The lowest BCUT2D eigenvalue weighted by Crippen LogP contribution is -2.11. The van der Waals surface area contributed by atoms with Gasteiger partial charge in [-0.1, -0.05) is 6.08 Å². The molecule has 0 saturated carbocycles. The van der Waals surface area contributed by atoms with Crippen LogP contribution in [0.1, 0.15) is 6.92 Å². The van der Waals surface area contributed by atoms with E-state index in [1.165, 1.54) is 0 Å². The molecule has 1 unspecified atom stereocenters.